The zero-order chi connectivity index (χ0) is 19.9. The summed E-state index contributed by atoms with van der Waals surface area (Å²) in [6, 6.07) is 0.290. The number of fused-ring (bicyclic) bond motifs is 1. The van der Waals surface area contributed by atoms with Crippen molar-refractivity contribution in [3.63, 3.8) is 0 Å². The van der Waals surface area contributed by atoms with Crippen LogP contribution < -0.4 is 5.32 Å². The van der Waals surface area contributed by atoms with E-state index in [1.165, 1.54) is 19.3 Å². The third-order valence-electron chi connectivity index (χ3n) is 7.90. The van der Waals surface area contributed by atoms with E-state index in [1.807, 2.05) is 23.6 Å². The minimum Gasteiger partial charge on any atom is -0.352 e. The van der Waals surface area contributed by atoms with Gasteiger partial charge in [0.25, 0.3) is 0 Å². The maximum Gasteiger partial charge on any atom is 0.223 e. The SMILES string of the molecule is CCN(CC)C(=O)CCCC(=O)N1C[C@@H]2C(NC(=O)C3CC4(CCC4)C3)[C@@H]2C1. The molecule has 1 saturated heterocycles. The molecule has 6 nitrogen and oxygen atoms in total. The topological polar surface area (TPSA) is 69.7 Å². The maximum absolute atomic E-state index is 12.4. The van der Waals surface area contributed by atoms with E-state index in [9.17, 15) is 14.4 Å². The molecule has 3 aliphatic carbocycles. The summed E-state index contributed by atoms with van der Waals surface area (Å²) in [6.07, 6.45) is 7.71. The minimum atomic E-state index is 0.143. The van der Waals surface area contributed by atoms with Gasteiger partial charge in [0.2, 0.25) is 17.7 Å². The molecule has 156 valence electrons. The molecule has 1 spiro atoms. The van der Waals surface area contributed by atoms with E-state index < -0.39 is 0 Å². The highest BCUT2D eigenvalue weighted by molar-refractivity contribution is 5.81. The van der Waals surface area contributed by atoms with Gasteiger partial charge in [0, 0.05) is 62.8 Å². The highest BCUT2D eigenvalue weighted by atomic mass is 16.2. The van der Waals surface area contributed by atoms with Gasteiger partial charge >= 0.3 is 0 Å². The number of likely N-dealkylation sites (tertiary alicyclic amines) is 1. The number of carbonyl (C=O) groups excluding carboxylic acids is 3. The van der Waals surface area contributed by atoms with Crippen molar-refractivity contribution in [2.24, 2.45) is 23.2 Å². The largest absolute Gasteiger partial charge is 0.352 e. The lowest BCUT2D eigenvalue weighted by molar-refractivity contribution is -0.137. The molecule has 1 N–H and O–H groups in total. The molecule has 3 saturated carbocycles. The van der Waals surface area contributed by atoms with E-state index in [1.54, 1.807) is 0 Å². The first kappa shape index (κ1) is 19.7. The molecule has 0 aromatic heterocycles. The smallest absolute Gasteiger partial charge is 0.223 e. The van der Waals surface area contributed by atoms with Crippen LogP contribution in [0.5, 0.6) is 0 Å². The fourth-order valence-corrected chi connectivity index (χ4v) is 5.77. The zero-order valence-electron chi connectivity index (χ0n) is 17.4. The normalized spacial score (nSPS) is 29.6. The third kappa shape index (κ3) is 3.67. The lowest BCUT2D eigenvalue weighted by Gasteiger charge is -2.53. The Labute approximate surface area is 168 Å². The quantitative estimate of drug-likeness (QED) is 0.692. The number of carbonyl (C=O) groups is 3. The molecular formula is C22H35N3O3. The predicted molar refractivity (Wildman–Crippen MR) is 106 cm³/mol. The number of rotatable bonds is 8. The van der Waals surface area contributed by atoms with Crippen LogP contribution in [0.1, 0.15) is 65.2 Å². The van der Waals surface area contributed by atoms with E-state index in [0.29, 0.717) is 42.6 Å². The van der Waals surface area contributed by atoms with Gasteiger partial charge in [-0.15, -0.1) is 0 Å². The van der Waals surface area contributed by atoms with E-state index in [4.69, 9.17) is 0 Å². The average Bonchev–Trinajstić information content (AvgIpc) is 3.02. The van der Waals surface area contributed by atoms with Gasteiger partial charge in [0.1, 0.15) is 0 Å². The molecule has 4 fully saturated rings. The van der Waals surface area contributed by atoms with Gasteiger partial charge in [-0.05, 0) is 51.4 Å². The monoisotopic (exact) mass is 389 g/mol. The van der Waals surface area contributed by atoms with Crippen LogP contribution in [-0.2, 0) is 14.4 Å². The molecule has 28 heavy (non-hydrogen) atoms. The van der Waals surface area contributed by atoms with Crippen LogP contribution in [0, 0.1) is 23.2 Å². The Bertz CT molecular complexity index is 621. The number of piperidine rings is 1. The molecule has 1 unspecified atom stereocenters. The highest BCUT2D eigenvalue weighted by Crippen LogP contribution is 2.59. The number of nitrogens with zero attached hydrogens (tertiary/aromatic N) is 2. The lowest BCUT2D eigenvalue weighted by Crippen LogP contribution is -2.50. The molecule has 3 atom stereocenters. The van der Waals surface area contributed by atoms with Crippen LogP contribution in [0.3, 0.4) is 0 Å². The van der Waals surface area contributed by atoms with Gasteiger partial charge in [-0.25, -0.2) is 0 Å². The van der Waals surface area contributed by atoms with Crippen molar-refractivity contribution < 1.29 is 14.4 Å². The number of nitrogens with one attached hydrogen (secondary N) is 1. The number of amides is 3. The van der Waals surface area contributed by atoms with E-state index in [0.717, 1.165) is 39.0 Å². The Balaban J connectivity index is 1.12. The first-order chi connectivity index (χ1) is 13.5. The summed E-state index contributed by atoms with van der Waals surface area (Å²) in [7, 11) is 0. The van der Waals surface area contributed by atoms with Crippen molar-refractivity contribution in [2.75, 3.05) is 26.2 Å². The highest BCUT2D eigenvalue weighted by Gasteiger charge is 2.58. The molecule has 0 bridgehead atoms. The minimum absolute atomic E-state index is 0.143. The molecule has 3 amide bonds. The summed E-state index contributed by atoms with van der Waals surface area (Å²) >= 11 is 0. The average molecular weight is 390 g/mol. The second kappa shape index (κ2) is 7.68. The van der Waals surface area contributed by atoms with Crippen molar-refractivity contribution in [2.45, 2.75) is 71.3 Å². The second-order valence-corrected chi connectivity index (χ2v) is 9.54. The molecule has 0 aromatic carbocycles. The van der Waals surface area contributed by atoms with Gasteiger partial charge < -0.3 is 15.1 Å². The van der Waals surface area contributed by atoms with Crippen molar-refractivity contribution >= 4 is 17.7 Å². The summed E-state index contributed by atoms with van der Waals surface area (Å²) in [4.78, 5) is 40.6. The van der Waals surface area contributed by atoms with Crippen molar-refractivity contribution in [1.82, 2.24) is 15.1 Å². The molecular weight excluding hydrogens is 354 g/mol. The molecule has 1 heterocycles. The van der Waals surface area contributed by atoms with Crippen LogP contribution in [0.15, 0.2) is 0 Å². The fraction of sp³-hybridized carbons (Fsp3) is 0.864. The Morgan fingerprint density at radius 3 is 2.21 bits per heavy atom. The van der Waals surface area contributed by atoms with E-state index >= 15 is 0 Å². The maximum atomic E-state index is 12.4. The summed E-state index contributed by atoms with van der Waals surface area (Å²) < 4.78 is 0. The first-order valence-corrected chi connectivity index (χ1v) is 11.3. The van der Waals surface area contributed by atoms with Gasteiger partial charge in [-0.2, -0.15) is 0 Å². The van der Waals surface area contributed by atoms with Crippen LogP contribution in [-0.4, -0.2) is 59.7 Å². The van der Waals surface area contributed by atoms with Crippen LogP contribution in [0.25, 0.3) is 0 Å². The zero-order valence-corrected chi connectivity index (χ0v) is 17.4. The second-order valence-electron chi connectivity index (χ2n) is 9.54. The Morgan fingerprint density at radius 2 is 1.68 bits per heavy atom. The standard InChI is InChI=1S/C22H35N3O3/c1-3-24(4-2)18(26)7-5-8-19(27)25-13-16-17(14-25)20(16)23-21(28)15-11-22(12-15)9-6-10-22/h15-17,20H,3-14H2,1-2H3,(H,23,28)/t16-,17+,20?. The van der Waals surface area contributed by atoms with Crippen molar-refractivity contribution in [3.8, 4) is 0 Å². The van der Waals surface area contributed by atoms with Gasteiger partial charge in [-0.1, -0.05) is 6.42 Å². The summed E-state index contributed by atoms with van der Waals surface area (Å²) in [6.45, 7) is 6.96. The van der Waals surface area contributed by atoms with Crippen LogP contribution in [0.2, 0.25) is 0 Å². The third-order valence-corrected chi connectivity index (χ3v) is 7.90. The molecule has 0 radical (unpaired) electrons. The molecule has 1 aliphatic heterocycles. The summed E-state index contributed by atoms with van der Waals surface area (Å²) in [5.41, 5.74) is 0.539. The number of hydrogen-bond acceptors (Lipinski definition) is 3. The fourth-order valence-electron chi connectivity index (χ4n) is 5.77. The van der Waals surface area contributed by atoms with Crippen LogP contribution in [0.4, 0.5) is 0 Å². The molecule has 4 rings (SSSR count). The molecule has 4 aliphatic rings. The molecule has 6 heteroatoms. The van der Waals surface area contributed by atoms with E-state index in [2.05, 4.69) is 5.32 Å². The summed E-state index contributed by atoms with van der Waals surface area (Å²) in [5.74, 6) is 1.69. The van der Waals surface area contributed by atoms with Gasteiger partial charge in [-0.3, -0.25) is 14.4 Å². The van der Waals surface area contributed by atoms with Gasteiger partial charge in [0.15, 0.2) is 0 Å². The first-order valence-electron chi connectivity index (χ1n) is 11.3. The van der Waals surface area contributed by atoms with Gasteiger partial charge in [0.05, 0.1) is 0 Å². The Hall–Kier alpha value is -1.59. The lowest BCUT2D eigenvalue weighted by atomic mass is 9.51. The van der Waals surface area contributed by atoms with Crippen molar-refractivity contribution in [1.29, 1.82) is 0 Å². The Kier molecular flexibility index (Phi) is 5.41. The number of hydrogen-bond donors (Lipinski definition) is 1. The van der Waals surface area contributed by atoms with Crippen molar-refractivity contribution in [3.05, 3.63) is 0 Å². The molecule has 0 aromatic rings. The van der Waals surface area contributed by atoms with E-state index in [-0.39, 0.29) is 23.6 Å². The Morgan fingerprint density at radius 1 is 1.04 bits per heavy atom. The van der Waals surface area contributed by atoms with Crippen LogP contribution >= 0.6 is 0 Å². The predicted octanol–water partition coefficient (Wildman–Crippen LogP) is 2.18. The summed E-state index contributed by atoms with van der Waals surface area (Å²) in [5, 5.41) is 3.26.